The zero-order chi connectivity index (χ0) is 15.5. The fraction of sp³-hybridized carbons (Fsp3) is 0.235. The maximum Gasteiger partial charge on any atom is 0.563 e. The van der Waals surface area contributed by atoms with Crippen LogP contribution < -0.4 is 5.46 Å². The van der Waals surface area contributed by atoms with Crippen LogP contribution in [0.25, 0.3) is 0 Å². The molecule has 0 aliphatic carbocycles. The summed E-state index contributed by atoms with van der Waals surface area (Å²) in [4.78, 5) is 13.9. The van der Waals surface area contributed by atoms with Crippen molar-refractivity contribution in [3.63, 3.8) is 0 Å². The van der Waals surface area contributed by atoms with E-state index < -0.39 is 13.2 Å². The highest BCUT2D eigenvalue weighted by Gasteiger charge is 2.28. The molecule has 1 N–H and O–H groups in total. The van der Waals surface area contributed by atoms with Gasteiger partial charge in [-0.1, -0.05) is 54.1 Å². The number of benzene rings is 2. The van der Waals surface area contributed by atoms with Crippen LogP contribution in [0, 0.1) is 6.92 Å². The Balaban J connectivity index is 1.67. The van der Waals surface area contributed by atoms with Gasteiger partial charge in [-0.05, 0) is 29.9 Å². The minimum atomic E-state index is -1.23. The second-order valence-corrected chi connectivity index (χ2v) is 5.53. The predicted molar refractivity (Wildman–Crippen MR) is 85.8 cm³/mol. The molecule has 1 aliphatic heterocycles. The summed E-state index contributed by atoms with van der Waals surface area (Å²) in [6.07, 6.45) is 0.330. The molecule has 1 heterocycles. The number of aryl methyl sites for hydroxylation is 1. The lowest BCUT2D eigenvalue weighted by atomic mass is 9.77. The smallest absolute Gasteiger partial charge is 0.489 e. The highest BCUT2D eigenvalue weighted by molar-refractivity contribution is 6.62. The van der Waals surface area contributed by atoms with E-state index in [0.717, 1.165) is 17.5 Å². The summed E-state index contributed by atoms with van der Waals surface area (Å²) < 4.78 is 5.21. The van der Waals surface area contributed by atoms with Gasteiger partial charge in [-0.15, -0.1) is 0 Å². The monoisotopic (exact) mass is 295 g/mol. The minimum absolute atomic E-state index is 0.481. The number of carbonyl (C=O) groups is 1. The fourth-order valence-corrected chi connectivity index (χ4v) is 2.75. The van der Waals surface area contributed by atoms with E-state index in [0.29, 0.717) is 18.6 Å². The molecular formula is C17H18BNO3. The number of nitrogens with zero attached hydrogens (tertiary/aromatic N) is 1. The second kappa shape index (κ2) is 6.24. The maximum absolute atomic E-state index is 12.2. The molecule has 1 amide bonds. The topological polar surface area (TPSA) is 49.8 Å². The average molecular weight is 295 g/mol. The molecule has 0 unspecified atom stereocenters. The molecule has 0 aromatic heterocycles. The highest BCUT2D eigenvalue weighted by atomic mass is 16.6. The Bertz CT molecular complexity index is 689. The van der Waals surface area contributed by atoms with Crippen molar-refractivity contribution in [1.82, 2.24) is 4.90 Å². The summed E-state index contributed by atoms with van der Waals surface area (Å²) in [5.74, 6) is 0. The first kappa shape index (κ1) is 14.7. The van der Waals surface area contributed by atoms with E-state index in [1.807, 2.05) is 43.3 Å². The van der Waals surface area contributed by atoms with Crippen molar-refractivity contribution in [3.05, 3.63) is 65.2 Å². The van der Waals surface area contributed by atoms with Crippen LogP contribution in [0.15, 0.2) is 48.5 Å². The Morgan fingerprint density at radius 1 is 1.14 bits per heavy atom. The lowest BCUT2D eigenvalue weighted by Crippen LogP contribution is -2.44. The molecule has 3 rings (SSSR count). The summed E-state index contributed by atoms with van der Waals surface area (Å²) in [5, 5.41) is 10.1. The Morgan fingerprint density at radius 3 is 2.59 bits per heavy atom. The molecule has 5 heteroatoms. The van der Waals surface area contributed by atoms with Crippen molar-refractivity contribution < 1.29 is 14.5 Å². The van der Waals surface area contributed by atoms with Gasteiger partial charge >= 0.3 is 13.2 Å². The van der Waals surface area contributed by atoms with E-state index in [1.165, 1.54) is 5.56 Å². The van der Waals surface area contributed by atoms with Gasteiger partial charge in [0.15, 0.2) is 0 Å². The first-order chi connectivity index (χ1) is 10.6. The van der Waals surface area contributed by atoms with E-state index in [-0.39, 0.29) is 0 Å². The van der Waals surface area contributed by atoms with Crippen molar-refractivity contribution >= 4 is 18.7 Å². The lowest BCUT2D eigenvalue weighted by Gasteiger charge is -2.28. The van der Waals surface area contributed by atoms with Crippen LogP contribution in [0.5, 0.6) is 0 Å². The number of carbonyl (C=O) groups excluding carboxylic acids is 1. The summed E-state index contributed by atoms with van der Waals surface area (Å²) in [7, 11) is -1.23. The molecule has 0 fully saturated rings. The molecule has 22 heavy (non-hydrogen) atoms. The van der Waals surface area contributed by atoms with Gasteiger partial charge in [0, 0.05) is 13.1 Å². The molecule has 0 spiro atoms. The number of hydrogen-bond acceptors (Lipinski definition) is 3. The van der Waals surface area contributed by atoms with Gasteiger partial charge in [-0.3, -0.25) is 0 Å². The molecular weight excluding hydrogens is 277 g/mol. The lowest BCUT2D eigenvalue weighted by molar-refractivity contribution is 0.140. The maximum atomic E-state index is 12.2. The van der Waals surface area contributed by atoms with Crippen molar-refractivity contribution in [1.29, 1.82) is 0 Å². The van der Waals surface area contributed by atoms with E-state index in [1.54, 1.807) is 11.0 Å². The third-order valence-electron chi connectivity index (χ3n) is 4.06. The van der Waals surface area contributed by atoms with E-state index >= 15 is 0 Å². The van der Waals surface area contributed by atoms with Gasteiger partial charge in [0.1, 0.15) is 0 Å². The molecule has 0 bridgehead atoms. The number of fused-ring (bicyclic) bond motifs is 1. The Labute approximate surface area is 130 Å². The Hall–Kier alpha value is -2.27. The number of rotatable bonds is 2. The van der Waals surface area contributed by atoms with Crippen LogP contribution in [0.1, 0.15) is 16.7 Å². The fourth-order valence-electron chi connectivity index (χ4n) is 2.75. The van der Waals surface area contributed by atoms with E-state index in [2.05, 4.69) is 6.07 Å². The Kier molecular flexibility index (Phi) is 4.16. The van der Waals surface area contributed by atoms with Crippen LogP contribution in [0.4, 0.5) is 4.79 Å². The molecule has 1 aliphatic rings. The zero-order valence-electron chi connectivity index (χ0n) is 12.5. The Morgan fingerprint density at radius 2 is 1.82 bits per heavy atom. The first-order valence-corrected chi connectivity index (χ1v) is 7.41. The van der Waals surface area contributed by atoms with Gasteiger partial charge in [-0.2, -0.15) is 0 Å². The SMILES string of the molecule is Cc1ccccc1B(O)OC(=O)N1CCc2ccccc2C1. The molecule has 0 saturated carbocycles. The summed E-state index contributed by atoms with van der Waals surface area (Å²) in [6, 6.07) is 15.4. The highest BCUT2D eigenvalue weighted by Crippen LogP contribution is 2.19. The van der Waals surface area contributed by atoms with Gasteiger partial charge in [-0.25, -0.2) is 4.79 Å². The molecule has 0 radical (unpaired) electrons. The number of amides is 1. The van der Waals surface area contributed by atoms with Crippen LogP contribution in [-0.2, 0) is 17.6 Å². The molecule has 112 valence electrons. The van der Waals surface area contributed by atoms with Crippen molar-refractivity contribution in [3.8, 4) is 0 Å². The summed E-state index contributed by atoms with van der Waals surface area (Å²) >= 11 is 0. The zero-order valence-corrected chi connectivity index (χ0v) is 12.5. The van der Waals surface area contributed by atoms with E-state index in [9.17, 15) is 9.82 Å². The second-order valence-electron chi connectivity index (χ2n) is 5.53. The largest absolute Gasteiger partial charge is 0.563 e. The molecule has 4 nitrogen and oxygen atoms in total. The van der Waals surface area contributed by atoms with Crippen molar-refractivity contribution in [2.24, 2.45) is 0 Å². The molecule has 0 saturated heterocycles. The molecule has 2 aromatic rings. The van der Waals surface area contributed by atoms with Crippen molar-refractivity contribution in [2.75, 3.05) is 6.54 Å². The summed E-state index contributed by atoms with van der Waals surface area (Å²) in [5.41, 5.74) is 3.92. The van der Waals surface area contributed by atoms with Gasteiger partial charge in [0.25, 0.3) is 0 Å². The number of hydrogen-bond donors (Lipinski definition) is 1. The van der Waals surface area contributed by atoms with E-state index in [4.69, 9.17) is 4.65 Å². The van der Waals surface area contributed by atoms with Crippen LogP contribution >= 0.6 is 0 Å². The quantitative estimate of drug-likeness (QED) is 0.861. The van der Waals surface area contributed by atoms with Crippen LogP contribution in [-0.4, -0.2) is 29.7 Å². The minimum Gasteiger partial charge on any atom is -0.489 e. The van der Waals surface area contributed by atoms with Gasteiger partial charge < -0.3 is 14.6 Å². The predicted octanol–water partition coefficient (Wildman–Crippen LogP) is 1.88. The third kappa shape index (κ3) is 2.99. The van der Waals surface area contributed by atoms with Gasteiger partial charge in [0.2, 0.25) is 0 Å². The van der Waals surface area contributed by atoms with Crippen LogP contribution in [0.3, 0.4) is 0 Å². The summed E-state index contributed by atoms with van der Waals surface area (Å²) in [6.45, 7) is 3.01. The normalized spacial score (nSPS) is 13.5. The third-order valence-corrected chi connectivity index (χ3v) is 4.06. The van der Waals surface area contributed by atoms with Gasteiger partial charge in [0.05, 0.1) is 0 Å². The van der Waals surface area contributed by atoms with Crippen molar-refractivity contribution in [2.45, 2.75) is 19.9 Å². The molecule has 0 atom stereocenters. The first-order valence-electron chi connectivity index (χ1n) is 7.41. The molecule has 2 aromatic carbocycles. The standard InChI is InChI=1S/C17H18BNO3/c1-13-6-2-5-9-16(13)18(21)22-17(20)19-11-10-14-7-3-4-8-15(14)12-19/h2-9,21H,10-12H2,1H3. The average Bonchev–Trinajstić information content (AvgIpc) is 2.54. The van der Waals surface area contributed by atoms with Crippen LogP contribution in [0.2, 0.25) is 0 Å².